The first-order valence-corrected chi connectivity index (χ1v) is 9.99. The highest BCUT2D eigenvalue weighted by molar-refractivity contribution is 5.86. The van der Waals surface area contributed by atoms with Gasteiger partial charge in [-0.05, 0) is 79.5 Å². The number of aliphatic hydroxyl groups is 1. The highest BCUT2D eigenvalue weighted by Gasteiger charge is 2.61. The van der Waals surface area contributed by atoms with E-state index in [0.29, 0.717) is 17.8 Å². The standard InChI is InChI=1S/C23H28O4/c1-22-12-9-18-17-8-6-16(27-2)14-15(17)5-7-19(18)20(22)10-13-23(22,26)11-3-4-21(24)25/h6,8,14,18-20,26H,5,7,9-13H2,1-2H3,(H,24,25)/t18?,19?,20?,22-,23+/m0/s1. The molecule has 3 aliphatic rings. The van der Waals surface area contributed by atoms with Crippen molar-refractivity contribution in [1.82, 2.24) is 0 Å². The molecule has 1 aromatic carbocycles. The zero-order chi connectivity index (χ0) is 19.2. The molecule has 0 radical (unpaired) electrons. The van der Waals surface area contributed by atoms with E-state index >= 15 is 0 Å². The fourth-order valence-electron chi connectivity index (χ4n) is 6.35. The maximum absolute atomic E-state index is 11.4. The van der Waals surface area contributed by atoms with Gasteiger partial charge in [0.05, 0.1) is 12.7 Å². The van der Waals surface area contributed by atoms with Crippen LogP contribution in [-0.2, 0) is 11.2 Å². The smallest absolute Gasteiger partial charge is 0.381 e. The number of rotatable bonds is 2. The molecule has 4 rings (SSSR count). The molecule has 3 unspecified atom stereocenters. The second-order valence-electron chi connectivity index (χ2n) is 8.79. The van der Waals surface area contributed by atoms with Crippen LogP contribution >= 0.6 is 0 Å². The zero-order valence-electron chi connectivity index (χ0n) is 16.1. The van der Waals surface area contributed by atoms with Crippen molar-refractivity contribution in [3.63, 3.8) is 0 Å². The maximum atomic E-state index is 11.4. The first-order valence-electron chi connectivity index (χ1n) is 9.99. The van der Waals surface area contributed by atoms with Crippen LogP contribution in [0.1, 0.15) is 62.5 Å². The maximum Gasteiger partial charge on any atom is 0.381 e. The summed E-state index contributed by atoms with van der Waals surface area (Å²) in [4.78, 5) is 10.7. The molecule has 2 N–H and O–H groups in total. The number of aliphatic carboxylic acids is 1. The van der Waals surface area contributed by atoms with Gasteiger partial charge < -0.3 is 14.9 Å². The predicted molar refractivity (Wildman–Crippen MR) is 103 cm³/mol. The van der Waals surface area contributed by atoms with Crippen LogP contribution in [0.25, 0.3) is 0 Å². The Kier molecular flexibility index (Phi) is 4.47. The molecule has 2 saturated carbocycles. The van der Waals surface area contributed by atoms with E-state index in [1.165, 1.54) is 11.1 Å². The Morgan fingerprint density at radius 2 is 2.11 bits per heavy atom. The van der Waals surface area contributed by atoms with E-state index in [1.54, 1.807) is 7.11 Å². The van der Waals surface area contributed by atoms with Crippen LogP contribution < -0.4 is 4.74 Å². The molecule has 0 bridgehead atoms. The number of methoxy groups -OCH3 is 1. The molecule has 2 fully saturated rings. The van der Waals surface area contributed by atoms with Gasteiger partial charge in [-0.15, -0.1) is 0 Å². The Morgan fingerprint density at radius 3 is 2.85 bits per heavy atom. The number of hydrogen-bond acceptors (Lipinski definition) is 3. The minimum absolute atomic E-state index is 0.175. The Balaban J connectivity index is 1.60. The molecule has 5 atom stereocenters. The first-order chi connectivity index (χ1) is 12.9. The summed E-state index contributed by atoms with van der Waals surface area (Å²) < 4.78 is 5.40. The molecule has 4 nitrogen and oxygen atoms in total. The average Bonchev–Trinajstić information content (AvgIpc) is 2.92. The second-order valence-corrected chi connectivity index (χ2v) is 8.79. The summed E-state index contributed by atoms with van der Waals surface area (Å²) in [6, 6.07) is 6.50. The highest BCUT2D eigenvalue weighted by Crippen LogP contribution is 2.65. The third kappa shape index (κ3) is 2.84. The van der Waals surface area contributed by atoms with Crippen LogP contribution in [0.3, 0.4) is 0 Å². The van der Waals surface area contributed by atoms with E-state index < -0.39 is 11.6 Å². The molecule has 0 saturated heterocycles. The molecule has 1 aromatic rings. The Morgan fingerprint density at radius 1 is 1.30 bits per heavy atom. The van der Waals surface area contributed by atoms with Crippen molar-refractivity contribution < 1.29 is 19.7 Å². The SMILES string of the molecule is COc1ccc2c(c1)CCC1C2CC[C@@]2(C)C1CC[C@]2(O)CC#CC(=O)O. The number of carbonyl (C=O) groups is 1. The van der Waals surface area contributed by atoms with E-state index in [4.69, 9.17) is 9.84 Å². The van der Waals surface area contributed by atoms with E-state index in [1.807, 2.05) is 0 Å². The summed E-state index contributed by atoms with van der Waals surface area (Å²) >= 11 is 0. The Hall–Kier alpha value is -1.99. The fraction of sp³-hybridized carbons (Fsp3) is 0.609. The monoisotopic (exact) mass is 368 g/mol. The summed E-state index contributed by atoms with van der Waals surface area (Å²) in [5, 5.41) is 20.2. The number of ether oxygens (including phenoxy) is 1. The van der Waals surface area contributed by atoms with Crippen LogP contribution in [0.15, 0.2) is 18.2 Å². The van der Waals surface area contributed by atoms with E-state index in [9.17, 15) is 9.90 Å². The second kappa shape index (κ2) is 6.56. The van der Waals surface area contributed by atoms with Gasteiger partial charge in [0.1, 0.15) is 5.75 Å². The molecule has 4 heteroatoms. The third-order valence-electron chi connectivity index (χ3n) is 7.83. The average molecular weight is 368 g/mol. The van der Waals surface area contributed by atoms with E-state index in [-0.39, 0.29) is 11.8 Å². The van der Waals surface area contributed by atoms with Crippen LogP contribution in [0.2, 0.25) is 0 Å². The van der Waals surface area contributed by atoms with E-state index in [0.717, 1.165) is 44.3 Å². The van der Waals surface area contributed by atoms with Crippen LogP contribution in [-0.4, -0.2) is 28.9 Å². The van der Waals surface area contributed by atoms with Crippen molar-refractivity contribution in [2.75, 3.05) is 7.11 Å². The van der Waals surface area contributed by atoms with Crippen molar-refractivity contribution in [1.29, 1.82) is 0 Å². The quantitative estimate of drug-likeness (QED) is 0.780. The molecule has 144 valence electrons. The lowest BCUT2D eigenvalue weighted by Crippen LogP contribution is -2.50. The lowest BCUT2D eigenvalue weighted by atomic mass is 9.53. The topological polar surface area (TPSA) is 66.8 Å². The number of carboxylic acid groups (broad SMARTS) is 1. The minimum Gasteiger partial charge on any atom is -0.497 e. The summed E-state index contributed by atoms with van der Waals surface area (Å²) in [7, 11) is 1.71. The zero-order valence-corrected chi connectivity index (χ0v) is 16.1. The van der Waals surface area contributed by atoms with E-state index in [2.05, 4.69) is 37.0 Å². The van der Waals surface area contributed by atoms with Gasteiger partial charge in [-0.2, -0.15) is 0 Å². The Bertz CT molecular complexity index is 819. The van der Waals surface area contributed by atoms with Crippen molar-refractivity contribution in [2.45, 2.75) is 63.4 Å². The summed E-state index contributed by atoms with van der Waals surface area (Å²) in [6.45, 7) is 2.22. The van der Waals surface area contributed by atoms with Crippen molar-refractivity contribution >= 4 is 5.97 Å². The lowest BCUT2D eigenvalue weighted by molar-refractivity contribution is -0.130. The molecule has 0 heterocycles. The van der Waals surface area contributed by atoms with Gasteiger partial charge in [0.15, 0.2) is 0 Å². The number of fused-ring (bicyclic) bond motifs is 5. The number of hydrogen-bond donors (Lipinski definition) is 2. The molecular weight excluding hydrogens is 340 g/mol. The van der Waals surface area contributed by atoms with Gasteiger partial charge in [-0.3, -0.25) is 0 Å². The number of benzene rings is 1. The molecule has 0 amide bonds. The Labute approximate surface area is 160 Å². The number of aryl methyl sites for hydroxylation is 1. The van der Waals surface area contributed by atoms with Gasteiger partial charge in [0, 0.05) is 17.8 Å². The minimum atomic E-state index is -1.12. The molecule has 0 aliphatic heterocycles. The summed E-state index contributed by atoms with van der Waals surface area (Å²) in [6.07, 6.45) is 6.26. The van der Waals surface area contributed by atoms with Crippen molar-refractivity contribution in [2.24, 2.45) is 17.3 Å². The summed E-state index contributed by atoms with van der Waals surface area (Å²) in [5.74, 6) is 6.33. The highest BCUT2D eigenvalue weighted by atomic mass is 16.5. The molecule has 0 aromatic heterocycles. The predicted octanol–water partition coefficient (Wildman–Crippen LogP) is 3.76. The van der Waals surface area contributed by atoms with Gasteiger partial charge in [0.25, 0.3) is 0 Å². The molecule has 0 spiro atoms. The van der Waals surface area contributed by atoms with Gasteiger partial charge >= 0.3 is 5.97 Å². The van der Waals surface area contributed by atoms with Gasteiger partial charge in [-0.25, -0.2) is 4.79 Å². The number of carboxylic acids is 1. The van der Waals surface area contributed by atoms with Crippen LogP contribution in [0.5, 0.6) is 5.75 Å². The normalized spacial score (nSPS) is 36.6. The lowest BCUT2D eigenvalue weighted by Gasteiger charge is -2.53. The third-order valence-corrected chi connectivity index (χ3v) is 7.83. The fourth-order valence-corrected chi connectivity index (χ4v) is 6.35. The summed E-state index contributed by atoms with van der Waals surface area (Å²) in [5.41, 5.74) is 1.84. The van der Waals surface area contributed by atoms with Crippen LogP contribution in [0, 0.1) is 29.1 Å². The van der Waals surface area contributed by atoms with Gasteiger partial charge in [0.2, 0.25) is 0 Å². The molecule has 27 heavy (non-hydrogen) atoms. The van der Waals surface area contributed by atoms with Crippen LogP contribution in [0.4, 0.5) is 0 Å². The van der Waals surface area contributed by atoms with Crippen molar-refractivity contribution in [3.05, 3.63) is 29.3 Å². The first kappa shape index (κ1) is 18.4. The molecular formula is C23H28O4. The largest absolute Gasteiger partial charge is 0.497 e. The van der Waals surface area contributed by atoms with Crippen molar-refractivity contribution in [3.8, 4) is 17.6 Å². The van der Waals surface area contributed by atoms with Gasteiger partial charge in [-0.1, -0.05) is 18.9 Å². The molecule has 3 aliphatic carbocycles.